The van der Waals surface area contributed by atoms with Gasteiger partial charge < -0.3 is 11.1 Å². The first-order valence-corrected chi connectivity index (χ1v) is 11.2. The van der Waals surface area contributed by atoms with Crippen molar-refractivity contribution in [3.8, 4) is 21.8 Å². The summed E-state index contributed by atoms with van der Waals surface area (Å²) in [7, 11) is 0. The Labute approximate surface area is 183 Å². The molecule has 0 aliphatic rings. The Hall–Kier alpha value is -2.30. The van der Waals surface area contributed by atoms with E-state index >= 15 is 0 Å². The van der Waals surface area contributed by atoms with Crippen LogP contribution in [0.5, 0.6) is 0 Å². The number of nitrogens with one attached hydrogen (secondary N) is 1. The lowest BCUT2D eigenvalue weighted by Gasteiger charge is -2.15. The molecule has 0 saturated heterocycles. The molecule has 5 nitrogen and oxygen atoms in total. The van der Waals surface area contributed by atoms with Crippen molar-refractivity contribution in [1.29, 1.82) is 0 Å². The van der Waals surface area contributed by atoms with E-state index in [1.807, 2.05) is 54.1 Å². The van der Waals surface area contributed by atoms with E-state index in [0.29, 0.717) is 5.56 Å². The molecule has 4 aromatic rings. The number of hydrogen-bond donors (Lipinski definition) is 2. The van der Waals surface area contributed by atoms with E-state index in [4.69, 9.17) is 10.7 Å². The summed E-state index contributed by atoms with van der Waals surface area (Å²) in [5.74, 6) is -0.479. The Balaban J connectivity index is 1.79. The minimum atomic E-state index is -0.479. The van der Waals surface area contributed by atoms with E-state index in [2.05, 4.69) is 32.9 Å². The van der Waals surface area contributed by atoms with E-state index in [9.17, 15) is 4.79 Å². The summed E-state index contributed by atoms with van der Waals surface area (Å²) < 4.78 is 0.876. The standard InChI is InChI=1S/C20H15IN4OS2/c1-11-7-8-13(18(22)26)16(19-24-15(21)10-27-19)17(11)25-20-23-14(9-28-20)12-5-3-2-4-6-12/h2-10H,1H3,(H2,22,26)(H,23,25). The minimum Gasteiger partial charge on any atom is -0.366 e. The largest absolute Gasteiger partial charge is 0.366 e. The number of rotatable bonds is 5. The van der Waals surface area contributed by atoms with Crippen LogP contribution in [-0.4, -0.2) is 15.9 Å². The number of primary amides is 1. The van der Waals surface area contributed by atoms with Crippen LogP contribution in [0.2, 0.25) is 0 Å². The zero-order valence-electron chi connectivity index (χ0n) is 14.8. The van der Waals surface area contributed by atoms with Gasteiger partial charge in [0.05, 0.1) is 16.9 Å². The molecule has 28 heavy (non-hydrogen) atoms. The number of benzene rings is 2. The highest BCUT2D eigenvalue weighted by atomic mass is 127. The first-order chi connectivity index (χ1) is 13.5. The lowest BCUT2D eigenvalue weighted by molar-refractivity contribution is 0.100. The van der Waals surface area contributed by atoms with Crippen LogP contribution in [0.1, 0.15) is 15.9 Å². The van der Waals surface area contributed by atoms with Crippen molar-refractivity contribution in [3.63, 3.8) is 0 Å². The van der Waals surface area contributed by atoms with E-state index in [1.54, 1.807) is 6.07 Å². The molecule has 0 unspecified atom stereocenters. The van der Waals surface area contributed by atoms with Gasteiger partial charge in [-0.05, 0) is 41.1 Å². The second-order valence-electron chi connectivity index (χ2n) is 6.05. The van der Waals surface area contributed by atoms with Gasteiger partial charge >= 0.3 is 0 Å². The molecule has 0 fully saturated rings. The topological polar surface area (TPSA) is 80.9 Å². The van der Waals surface area contributed by atoms with Crippen LogP contribution in [0.25, 0.3) is 21.8 Å². The summed E-state index contributed by atoms with van der Waals surface area (Å²) in [5.41, 5.74) is 10.6. The van der Waals surface area contributed by atoms with Crippen molar-refractivity contribution in [2.45, 2.75) is 6.92 Å². The fourth-order valence-electron chi connectivity index (χ4n) is 2.84. The molecule has 0 atom stereocenters. The number of nitrogens with two attached hydrogens (primary N) is 1. The van der Waals surface area contributed by atoms with Crippen LogP contribution < -0.4 is 11.1 Å². The maximum absolute atomic E-state index is 12.1. The third-order valence-corrected chi connectivity index (χ3v) is 6.77. The average Bonchev–Trinajstić information content (AvgIpc) is 3.33. The maximum Gasteiger partial charge on any atom is 0.249 e. The first kappa shape index (κ1) is 19.0. The van der Waals surface area contributed by atoms with Crippen molar-refractivity contribution >= 4 is 62.0 Å². The second kappa shape index (κ2) is 7.98. The number of amides is 1. The quantitative estimate of drug-likeness (QED) is 0.333. The summed E-state index contributed by atoms with van der Waals surface area (Å²) in [6.07, 6.45) is 0. The van der Waals surface area contributed by atoms with Crippen molar-refractivity contribution < 1.29 is 4.79 Å². The number of aromatic nitrogens is 2. The van der Waals surface area contributed by atoms with Gasteiger partial charge in [-0.25, -0.2) is 9.97 Å². The summed E-state index contributed by atoms with van der Waals surface area (Å²) in [4.78, 5) is 21.3. The van der Waals surface area contributed by atoms with Crippen molar-refractivity contribution in [3.05, 3.63) is 68.1 Å². The molecule has 8 heteroatoms. The molecule has 2 aromatic heterocycles. The van der Waals surface area contributed by atoms with E-state index in [-0.39, 0.29) is 0 Å². The lowest BCUT2D eigenvalue weighted by Crippen LogP contribution is -2.14. The summed E-state index contributed by atoms with van der Waals surface area (Å²) in [6, 6.07) is 13.7. The first-order valence-electron chi connectivity index (χ1n) is 8.35. The van der Waals surface area contributed by atoms with Gasteiger partial charge in [-0.2, -0.15) is 0 Å². The van der Waals surface area contributed by atoms with Crippen LogP contribution in [0, 0.1) is 10.6 Å². The molecule has 1 amide bonds. The van der Waals surface area contributed by atoms with E-state index in [0.717, 1.165) is 41.9 Å². The molecule has 0 aliphatic carbocycles. The van der Waals surface area contributed by atoms with Gasteiger partial charge in [0.2, 0.25) is 5.91 Å². The molecule has 0 bridgehead atoms. The van der Waals surface area contributed by atoms with Gasteiger partial charge in [0, 0.05) is 21.9 Å². The highest BCUT2D eigenvalue weighted by Crippen LogP contribution is 2.39. The number of hydrogen-bond acceptors (Lipinski definition) is 6. The maximum atomic E-state index is 12.1. The molecule has 3 N–H and O–H groups in total. The number of nitrogens with zero attached hydrogens (tertiary/aromatic N) is 2. The normalized spacial score (nSPS) is 10.8. The van der Waals surface area contributed by atoms with Gasteiger partial charge in [-0.3, -0.25) is 4.79 Å². The smallest absolute Gasteiger partial charge is 0.249 e. The third-order valence-electron chi connectivity index (χ3n) is 4.17. The molecule has 4 rings (SSSR count). The second-order valence-corrected chi connectivity index (χ2v) is 8.87. The minimum absolute atomic E-state index is 0.443. The Morgan fingerprint density at radius 2 is 1.86 bits per heavy atom. The third kappa shape index (κ3) is 3.80. The number of anilines is 2. The van der Waals surface area contributed by atoms with Crippen LogP contribution in [0.4, 0.5) is 10.8 Å². The molecule has 0 spiro atoms. The van der Waals surface area contributed by atoms with Crippen molar-refractivity contribution in [2.24, 2.45) is 5.73 Å². The Kier molecular flexibility index (Phi) is 5.42. The molecule has 2 heterocycles. The van der Waals surface area contributed by atoms with Crippen LogP contribution in [0.15, 0.2) is 53.2 Å². The van der Waals surface area contributed by atoms with Crippen LogP contribution in [0.3, 0.4) is 0 Å². The Bertz CT molecular complexity index is 1150. The molecule has 0 radical (unpaired) electrons. The van der Waals surface area contributed by atoms with Gasteiger partial charge in [0.25, 0.3) is 0 Å². The predicted octanol–water partition coefficient (Wildman–Crippen LogP) is 5.69. The highest BCUT2D eigenvalue weighted by Gasteiger charge is 2.20. The molecule has 2 aromatic carbocycles. The summed E-state index contributed by atoms with van der Waals surface area (Å²) in [5, 5.41) is 8.86. The molecular formula is C20H15IN4OS2. The van der Waals surface area contributed by atoms with E-state index < -0.39 is 5.91 Å². The molecule has 0 saturated carbocycles. The van der Waals surface area contributed by atoms with Crippen LogP contribution >= 0.6 is 45.3 Å². The number of carbonyl (C=O) groups excluding carboxylic acids is 1. The van der Waals surface area contributed by atoms with Crippen LogP contribution in [-0.2, 0) is 0 Å². The molecule has 140 valence electrons. The van der Waals surface area contributed by atoms with Gasteiger partial charge in [0.15, 0.2) is 5.13 Å². The van der Waals surface area contributed by atoms with Gasteiger partial charge in [0.1, 0.15) is 8.71 Å². The highest BCUT2D eigenvalue weighted by molar-refractivity contribution is 14.1. The van der Waals surface area contributed by atoms with Gasteiger partial charge in [-0.1, -0.05) is 36.4 Å². The number of aryl methyl sites for hydroxylation is 1. The SMILES string of the molecule is Cc1ccc(C(N)=O)c(-c2nc(I)cs2)c1Nc1nc(-c2ccccc2)cs1. The summed E-state index contributed by atoms with van der Waals surface area (Å²) in [6.45, 7) is 1.99. The van der Waals surface area contributed by atoms with E-state index in [1.165, 1.54) is 22.7 Å². The summed E-state index contributed by atoms with van der Waals surface area (Å²) >= 11 is 5.16. The van der Waals surface area contributed by atoms with Crippen molar-refractivity contribution in [1.82, 2.24) is 9.97 Å². The Morgan fingerprint density at radius 1 is 1.07 bits per heavy atom. The molecular weight excluding hydrogens is 503 g/mol. The van der Waals surface area contributed by atoms with Gasteiger partial charge in [-0.15, -0.1) is 22.7 Å². The van der Waals surface area contributed by atoms with Crippen molar-refractivity contribution in [2.75, 3.05) is 5.32 Å². The number of thiazole rings is 2. The molecule has 0 aliphatic heterocycles. The lowest BCUT2D eigenvalue weighted by atomic mass is 10.0. The fraction of sp³-hybridized carbons (Fsp3) is 0.0500. The monoisotopic (exact) mass is 518 g/mol. The zero-order valence-corrected chi connectivity index (χ0v) is 18.6. The number of carbonyl (C=O) groups is 1. The Morgan fingerprint density at radius 3 is 2.54 bits per heavy atom. The zero-order chi connectivity index (χ0) is 19.7. The fourth-order valence-corrected chi connectivity index (χ4v) is 5.10. The average molecular weight is 518 g/mol. The number of halogens is 1. The predicted molar refractivity (Wildman–Crippen MR) is 124 cm³/mol.